The van der Waals surface area contributed by atoms with E-state index >= 15 is 0 Å². The number of ether oxygens (including phenoxy) is 1. The minimum absolute atomic E-state index is 0.202. The summed E-state index contributed by atoms with van der Waals surface area (Å²) in [6, 6.07) is -0.594. The highest BCUT2D eigenvalue weighted by atomic mass is 16.5. The lowest BCUT2D eigenvalue weighted by Crippen LogP contribution is -2.45. The van der Waals surface area contributed by atoms with Gasteiger partial charge in [-0.1, -0.05) is 0 Å². The molecule has 8 heteroatoms. The van der Waals surface area contributed by atoms with Gasteiger partial charge in [-0.25, -0.2) is 4.79 Å². The third-order valence-corrected chi connectivity index (χ3v) is 2.64. The van der Waals surface area contributed by atoms with Crippen molar-refractivity contribution in [1.82, 2.24) is 15.5 Å². The maximum atomic E-state index is 11.3. The van der Waals surface area contributed by atoms with E-state index in [1.54, 1.807) is 0 Å². The summed E-state index contributed by atoms with van der Waals surface area (Å²) >= 11 is 0. The lowest BCUT2D eigenvalue weighted by atomic mass is 10.3. The predicted molar refractivity (Wildman–Crippen MR) is 65.7 cm³/mol. The number of carbonyl (C=O) groups is 3. The monoisotopic (exact) mass is 273 g/mol. The summed E-state index contributed by atoms with van der Waals surface area (Å²) in [6.07, 6.45) is -0.487. The van der Waals surface area contributed by atoms with Crippen molar-refractivity contribution >= 4 is 17.9 Å². The average Bonchev–Trinajstić information content (AvgIpc) is 2.37. The molecule has 0 radical (unpaired) electrons. The van der Waals surface area contributed by atoms with Crippen molar-refractivity contribution in [3.63, 3.8) is 0 Å². The summed E-state index contributed by atoms with van der Waals surface area (Å²) in [5.41, 5.74) is 0. The van der Waals surface area contributed by atoms with E-state index in [2.05, 4.69) is 15.5 Å². The molecule has 0 aromatic carbocycles. The molecule has 0 saturated carbocycles. The number of morpholine rings is 1. The maximum absolute atomic E-state index is 11.3. The van der Waals surface area contributed by atoms with Crippen LogP contribution in [0.5, 0.6) is 0 Å². The van der Waals surface area contributed by atoms with Gasteiger partial charge in [0.25, 0.3) is 0 Å². The first kappa shape index (κ1) is 15.4. The van der Waals surface area contributed by atoms with E-state index in [0.717, 1.165) is 13.1 Å². The van der Waals surface area contributed by atoms with E-state index in [9.17, 15) is 14.4 Å². The number of urea groups is 1. The van der Waals surface area contributed by atoms with Gasteiger partial charge in [-0.3, -0.25) is 19.8 Å². The number of amides is 3. The number of imide groups is 1. The van der Waals surface area contributed by atoms with Gasteiger partial charge in [0.1, 0.15) is 0 Å². The van der Waals surface area contributed by atoms with E-state index < -0.39 is 17.9 Å². The Balaban J connectivity index is 2.06. The molecule has 1 rings (SSSR count). The average molecular weight is 273 g/mol. The largest absolute Gasteiger partial charge is 0.481 e. The molecule has 0 atom stereocenters. The smallest absolute Gasteiger partial charge is 0.321 e. The highest BCUT2D eigenvalue weighted by Gasteiger charge is 2.11. The number of nitrogens with one attached hydrogen (secondary N) is 2. The second kappa shape index (κ2) is 8.44. The van der Waals surface area contributed by atoms with Crippen LogP contribution in [0.25, 0.3) is 0 Å². The minimum atomic E-state index is -1.07. The van der Waals surface area contributed by atoms with Crippen molar-refractivity contribution in [1.29, 1.82) is 0 Å². The van der Waals surface area contributed by atoms with Gasteiger partial charge in [-0.15, -0.1) is 0 Å². The van der Waals surface area contributed by atoms with Gasteiger partial charge in [-0.05, 0) is 0 Å². The van der Waals surface area contributed by atoms with Crippen molar-refractivity contribution in [2.24, 2.45) is 0 Å². The van der Waals surface area contributed by atoms with Gasteiger partial charge >= 0.3 is 12.0 Å². The number of aliphatic carboxylic acids is 1. The lowest BCUT2D eigenvalue weighted by molar-refractivity contribution is -0.138. The molecule has 0 aromatic heterocycles. The van der Waals surface area contributed by atoms with Crippen LogP contribution in [-0.2, 0) is 14.3 Å². The quantitative estimate of drug-likeness (QED) is 0.573. The molecule has 0 unspecified atom stereocenters. The zero-order valence-electron chi connectivity index (χ0n) is 10.7. The van der Waals surface area contributed by atoms with Crippen LogP contribution in [0.2, 0.25) is 0 Å². The highest BCUT2D eigenvalue weighted by Crippen LogP contribution is 1.94. The first-order valence-corrected chi connectivity index (χ1v) is 6.17. The number of carboxylic acid groups (broad SMARTS) is 1. The van der Waals surface area contributed by atoms with E-state index in [4.69, 9.17) is 9.84 Å². The SMILES string of the molecule is O=C(O)CCC(=O)NC(=O)NCCN1CCOCC1. The fraction of sp³-hybridized carbons (Fsp3) is 0.727. The van der Waals surface area contributed by atoms with Gasteiger partial charge in [0, 0.05) is 32.6 Å². The Bertz CT molecular complexity index is 328. The summed E-state index contributed by atoms with van der Waals surface area (Å²) in [5, 5.41) is 13.0. The summed E-state index contributed by atoms with van der Waals surface area (Å²) in [4.78, 5) is 34.9. The molecule has 3 amide bonds. The zero-order chi connectivity index (χ0) is 14.1. The van der Waals surface area contributed by atoms with Crippen LogP contribution >= 0.6 is 0 Å². The molecule has 108 valence electrons. The summed E-state index contributed by atoms with van der Waals surface area (Å²) < 4.78 is 5.19. The Hall–Kier alpha value is -1.67. The van der Waals surface area contributed by atoms with Gasteiger partial charge in [0.2, 0.25) is 5.91 Å². The van der Waals surface area contributed by atoms with E-state index in [1.165, 1.54) is 0 Å². The van der Waals surface area contributed by atoms with Crippen molar-refractivity contribution in [2.45, 2.75) is 12.8 Å². The Morgan fingerprint density at radius 1 is 1.16 bits per heavy atom. The molecule has 3 N–H and O–H groups in total. The molecule has 1 heterocycles. The van der Waals surface area contributed by atoms with Gasteiger partial charge in [0.15, 0.2) is 0 Å². The third kappa shape index (κ3) is 7.37. The topological polar surface area (TPSA) is 108 Å². The number of carbonyl (C=O) groups excluding carboxylic acids is 2. The number of hydrogen-bond donors (Lipinski definition) is 3. The van der Waals surface area contributed by atoms with Crippen LogP contribution in [0.3, 0.4) is 0 Å². The Kier molecular flexibility index (Phi) is 6.83. The molecule has 0 aromatic rings. The van der Waals surface area contributed by atoms with Crippen LogP contribution < -0.4 is 10.6 Å². The first-order chi connectivity index (χ1) is 9.08. The number of rotatable bonds is 6. The summed E-state index contributed by atoms with van der Waals surface area (Å²) in [5.74, 6) is -1.66. The maximum Gasteiger partial charge on any atom is 0.321 e. The fourth-order valence-electron chi connectivity index (χ4n) is 1.61. The molecule has 0 bridgehead atoms. The molecule has 19 heavy (non-hydrogen) atoms. The fourth-order valence-corrected chi connectivity index (χ4v) is 1.61. The van der Waals surface area contributed by atoms with Gasteiger partial charge < -0.3 is 15.2 Å². The van der Waals surface area contributed by atoms with Crippen LogP contribution in [0.4, 0.5) is 4.79 Å². The van der Waals surface area contributed by atoms with Crippen LogP contribution in [0.15, 0.2) is 0 Å². The van der Waals surface area contributed by atoms with Crippen molar-refractivity contribution in [2.75, 3.05) is 39.4 Å². The number of hydrogen-bond acceptors (Lipinski definition) is 5. The molecule has 0 spiro atoms. The highest BCUT2D eigenvalue weighted by molar-refractivity contribution is 5.95. The number of nitrogens with zero attached hydrogens (tertiary/aromatic N) is 1. The minimum Gasteiger partial charge on any atom is -0.481 e. The Morgan fingerprint density at radius 2 is 1.84 bits per heavy atom. The van der Waals surface area contributed by atoms with Crippen LogP contribution in [0, 0.1) is 0 Å². The summed E-state index contributed by atoms with van der Waals surface area (Å²) in [7, 11) is 0. The zero-order valence-corrected chi connectivity index (χ0v) is 10.7. The summed E-state index contributed by atoms with van der Waals surface area (Å²) in [6.45, 7) is 4.18. The van der Waals surface area contributed by atoms with Crippen molar-refractivity contribution in [3.05, 3.63) is 0 Å². The molecule has 1 aliphatic heterocycles. The Labute approximate surface area is 111 Å². The molecule has 1 aliphatic rings. The van der Waals surface area contributed by atoms with Gasteiger partial charge in [0.05, 0.1) is 19.6 Å². The molecule has 8 nitrogen and oxygen atoms in total. The molecular weight excluding hydrogens is 254 g/mol. The van der Waals surface area contributed by atoms with E-state index in [-0.39, 0.29) is 12.8 Å². The van der Waals surface area contributed by atoms with E-state index in [1.807, 2.05) is 0 Å². The number of carboxylic acids is 1. The van der Waals surface area contributed by atoms with E-state index in [0.29, 0.717) is 26.3 Å². The second-order valence-corrected chi connectivity index (χ2v) is 4.15. The standard InChI is InChI=1S/C11H19N3O5/c15-9(1-2-10(16)17)13-11(18)12-3-4-14-5-7-19-8-6-14/h1-8H2,(H,16,17)(H2,12,13,15,18). The molecule has 1 fully saturated rings. The molecule has 0 aliphatic carbocycles. The normalized spacial score (nSPS) is 15.8. The van der Waals surface area contributed by atoms with Crippen LogP contribution in [-0.4, -0.2) is 67.3 Å². The first-order valence-electron chi connectivity index (χ1n) is 6.17. The lowest BCUT2D eigenvalue weighted by Gasteiger charge is -2.26. The molecule has 1 saturated heterocycles. The second-order valence-electron chi connectivity index (χ2n) is 4.15. The van der Waals surface area contributed by atoms with Crippen LogP contribution in [0.1, 0.15) is 12.8 Å². The third-order valence-electron chi connectivity index (χ3n) is 2.64. The van der Waals surface area contributed by atoms with Crippen molar-refractivity contribution in [3.8, 4) is 0 Å². The molecular formula is C11H19N3O5. The predicted octanol–water partition coefficient (Wildman–Crippen LogP) is -0.991. The van der Waals surface area contributed by atoms with Gasteiger partial charge in [-0.2, -0.15) is 0 Å². The van der Waals surface area contributed by atoms with Crippen molar-refractivity contribution < 1.29 is 24.2 Å². The Morgan fingerprint density at radius 3 is 2.47 bits per heavy atom.